The molecule has 0 spiro atoms. The summed E-state index contributed by atoms with van der Waals surface area (Å²) in [6.07, 6.45) is 46.7. The van der Waals surface area contributed by atoms with Crippen molar-refractivity contribution in [1.82, 2.24) is 15.1 Å². The van der Waals surface area contributed by atoms with Crippen LogP contribution in [0.4, 0.5) is 0 Å². The monoisotopic (exact) mass is 1080 g/mol. The van der Waals surface area contributed by atoms with Gasteiger partial charge in [-0.15, -0.1) is 0 Å². The molecule has 0 aromatic heterocycles. The van der Waals surface area contributed by atoms with Crippen LogP contribution in [0, 0.1) is 0 Å². The van der Waals surface area contributed by atoms with Crippen LogP contribution in [-0.2, 0) is 42.8 Å². The van der Waals surface area contributed by atoms with Crippen LogP contribution < -0.4 is 5.32 Å². The highest BCUT2D eigenvalue weighted by atomic mass is 16.5. The number of esters is 3. The molecular weight excluding hydrogens is 955 g/mol. The maximum absolute atomic E-state index is 12.8. The first kappa shape index (κ1) is 74.2. The topological polar surface area (TPSA) is 125 Å². The number of hydrogen-bond donors (Lipinski definition) is 1. The van der Waals surface area contributed by atoms with Crippen LogP contribution in [0.15, 0.2) is 0 Å². The van der Waals surface area contributed by atoms with E-state index in [0.29, 0.717) is 58.7 Å². The maximum Gasteiger partial charge on any atom is 0.307 e. The average Bonchev–Trinajstić information content (AvgIpc) is 3.41. The molecule has 0 saturated carbocycles. The summed E-state index contributed by atoms with van der Waals surface area (Å²) < 4.78 is 34.2. The van der Waals surface area contributed by atoms with Crippen LogP contribution in [0.1, 0.15) is 284 Å². The molecule has 12 nitrogen and oxygen atoms in total. The summed E-state index contributed by atoms with van der Waals surface area (Å²) >= 11 is 0. The molecule has 76 heavy (non-hydrogen) atoms. The number of hydrogen-bond acceptors (Lipinski definition) is 12. The van der Waals surface area contributed by atoms with Crippen molar-refractivity contribution in [2.24, 2.45) is 0 Å². The van der Waals surface area contributed by atoms with Gasteiger partial charge in [0.25, 0.3) is 0 Å². The third-order valence-corrected chi connectivity index (χ3v) is 14.4. The van der Waals surface area contributed by atoms with Crippen molar-refractivity contribution < 1.29 is 42.8 Å². The molecule has 0 bridgehead atoms. The lowest BCUT2D eigenvalue weighted by atomic mass is 10.1. The fourth-order valence-corrected chi connectivity index (χ4v) is 9.37. The Kier molecular flexibility index (Phi) is 62.5. The number of nitrogens with one attached hydrogen (secondary N) is 1. The molecule has 0 atom stereocenters. The number of ether oxygens (including phenoxy) is 6. The highest BCUT2D eigenvalue weighted by Crippen LogP contribution is 2.12. The second-order valence-corrected chi connectivity index (χ2v) is 22.0. The lowest BCUT2D eigenvalue weighted by molar-refractivity contribution is -0.145. The predicted molar refractivity (Wildman–Crippen MR) is 318 cm³/mol. The molecule has 0 rings (SSSR count). The Bertz CT molecular complexity index is 1130. The van der Waals surface area contributed by atoms with Crippen molar-refractivity contribution in [1.29, 1.82) is 0 Å². The third kappa shape index (κ3) is 61.4. The van der Waals surface area contributed by atoms with Crippen molar-refractivity contribution in [2.75, 3.05) is 112 Å². The summed E-state index contributed by atoms with van der Waals surface area (Å²) in [7, 11) is 2.14. The maximum atomic E-state index is 12.8. The molecule has 0 aliphatic heterocycles. The van der Waals surface area contributed by atoms with Gasteiger partial charge in [-0.2, -0.15) is 0 Å². The van der Waals surface area contributed by atoms with E-state index in [-0.39, 0.29) is 17.9 Å². The van der Waals surface area contributed by atoms with Crippen LogP contribution >= 0.6 is 0 Å². The van der Waals surface area contributed by atoms with E-state index in [4.69, 9.17) is 28.4 Å². The van der Waals surface area contributed by atoms with E-state index >= 15 is 0 Å². The van der Waals surface area contributed by atoms with E-state index < -0.39 is 0 Å². The van der Waals surface area contributed by atoms with Crippen molar-refractivity contribution in [3.63, 3.8) is 0 Å². The van der Waals surface area contributed by atoms with E-state index in [0.717, 1.165) is 169 Å². The number of rotatable bonds is 65. The zero-order chi connectivity index (χ0) is 55.1. The molecule has 12 heteroatoms. The van der Waals surface area contributed by atoms with Gasteiger partial charge in [0.1, 0.15) is 0 Å². The van der Waals surface area contributed by atoms with Crippen molar-refractivity contribution in [3.05, 3.63) is 0 Å². The van der Waals surface area contributed by atoms with Crippen LogP contribution in [-0.4, -0.2) is 140 Å². The minimum atomic E-state index is -0.166. The molecule has 0 aliphatic carbocycles. The Morgan fingerprint density at radius 2 is 0.566 bits per heavy atom. The molecule has 0 saturated heterocycles. The molecule has 1 N–H and O–H groups in total. The first-order chi connectivity index (χ1) is 37.4. The first-order valence-corrected chi connectivity index (χ1v) is 32.7. The molecule has 452 valence electrons. The largest absolute Gasteiger partial charge is 0.466 e. The van der Waals surface area contributed by atoms with Crippen LogP contribution in [0.2, 0.25) is 0 Å². The fraction of sp³-hybridized carbons (Fsp3) is 0.953. The zero-order valence-corrected chi connectivity index (χ0v) is 50.9. The third-order valence-electron chi connectivity index (χ3n) is 14.4. The summed E-state index contributed by atoms with van der Waals surface area (Å²) in [6.45, 7) is 18.7. The van der Waals surface area contributed by atoms with Crippen LogP contribution in [0.3, 0.4) is 0 Å². The lowest BCUT2D eigenvalue weighted by Gasteiger charge is -2.23. The van der Waals surface area contributed by atoms with Gasteiger partial charge in [-0.3, -0.25) is 14.4 Å². The van der Waals surface area contributed by atoms with E-state index in [2.05, 4.69) is 42.9 Å². The predicted octanol–water partition coefficient (Wildman–Crippen LogP) is 15.5. The van der Waals surface area contributed by atoms with E-state index in [1.807, 2.05) is 0 Å². The molecular formula is C64H127N3O9. The van der Waals surface area contributed by atoms with E-state index in [1.54, 1.807) is 0 Å². The number of carbonyl (C=O) groups excluding carboxylic acids is 3. The van der Waals surface area contributed by atoms with Crippen molar-refractivity contribution in [3.8, 4) is 0 Å². The van der Waals surface area contributed by atoms with Gasteiger partial charge >= 0.3 is 17.9 Å². The zero-order valence-electron chi connectivity index (χ0n) is 50.9. The van der Waals surface area contributed by atoms with E-state index in [1.165, 1.54) is 141 Å². The molecule has 0 fully saturated rings. The Labute approximate surface area is 470 Å². The second-order valence-electron chi connectivity index (χ2n) is 22.0. The van der Waals surface area contributed by atoms with Crippen LogP contribution in [0.5, 0.6) is 0 Å². The number of carbonyl (C=O) groups is 3. The first-order valence-electron chi connectivity index (χ1n) is 32.7. The number of nitrogens with zero attached hydrogens (tertiary/aromatic N) is 2. The summed E-state index contributed by atoms with van der Waals surface area (Å²) in [5, 5.41) is 3.40. The fourth-order valence-electron chi connectivity index (χ4n) is 9.37. The van der Waals surface area contributed by atoms with Crippen LogP contribution in [0.25, 0.3) is 0 Å². The Morgan fingerprint density at radius 1 is 0.289 bits per heavy atom. The normalized spacial score (nSPS) is 11.6. The lowest BCUT2D eigenvalue weighted by Crippen LogP contribution is -2.33. The molecule has 0 aliphatic rings. The number of unbranched alkanes of at least 4 members (excludes halogenated alkanes) is 30. The van der Waals surface area contributed by atoms with Gasteiger partial charge in [0, 0.05) is 59.3 Å². The smallest absolute Gasteiger partial charge is 0.307 e. The quantitative estimate of drug-likeness (QED) is 0.0354. The molecule has 0 heterocycles. The highest BCUT2D eigenvalue weighted by molar-refractivity contribution is 5.70. The van der Waals surface area contributed by atoms with Crippen molar-refractivity contribution >= 4 is 17.9 Å². The van der Waals surface area contributed by atoms with E-state index in [9.17, 15) is 14.4 Å². The minimum Gasteiger partial charge on any atom is -0.466 e. The summed E-state index contributed by atoms with van der Waals surface area (Å²) in [5.41, 5.74) is 0. The minimum absolute atomic E-state index is 0.123. The Morgan fingerprint density at radius 3 is 0.895 bits per heavy atom. The van der Waals surface area contributed by atoms with Gasteiger partial charge in [-0.05, 0) is 104 Å². The molecule has 0 amide bonds. The summed E-state index contributed by atoms with van der Waals surface area (Å²) in [4.78, 5) is 42.3. The summed E-state index contributed by atoms with van der Waals surface area (Å²) in [5.74, 6) is -0.455. The summed E-state index contributed by atoms with van der Waals surface area (Å²) in [6, 6.07) is 0. The molecule has 0 unspecified atom stereocenters. The molecule has 0 radical (unpaired) electrons. The van der Waals surface area contributed by atoms with Gasteiger partial charge in [-0.25, -0.2) is 0 Å². The van der Waals surface area contributed by atoms with Gasteiger partial charge in [0.05, 0.1) is 39.1 Å². The average molecular weight is 1080 g/mol. The van der Waals surface area contributed by atoms with Gasteiger partial charge in [0.15, 0.2) is 0 Å². The second kappa shape index (κ2) is 64.0. The Balaban J connectivity index is 4.28. The van der Waals surface area contributed by atoms with Gasteiger partial charge < -0.3 is 43.5 Å². The molecule has 0 aromatic rings. The Hall–Kier alpha value is -1.83. The molecule has 0 aromatic carbocycles. The van der Waals surface area contributed by atoms with Crippen molar-refractivity contribution in [2.45, 2.75) is 284 Å². The van der Waals surface area contributed by atoms with Gasteiger partial charge in [0.2, 0.25) is 0 Å². The SMILES string of the molecule is CCCCCCCCCOCCCCCCCOC(=O)CCNCCCN(C)CCCN(CCC(=O)OCCCCCCCOCCCCCCCCC)CCC(=O)OCCCCCCCOCCCCCCCCC. The van der Waals surface area contributed by atoms with Gasteiger partial charge in [-0.1, -0.05) is 194 Å². The standard InChI is InChI=1S/C64H127N3O9/c1-5-8-11-14-17-23-32-53-71-56-35-26-20-29-38-59-74-62(68)43-47-65-46-41-48-66(4)49-42-50-67(51-44-63(69)75-60-39-30-21-27-36-57-72-54-33-24-18-15-12-9-6-2)52-45-64(70)76-61-40-31-22-28-37-58-73-55-34-25-19-16-13-10-7-3/h65H,5-61H2,1-4H3. The highest BCUT2D eigenvalue weighted by Gasteiger charge is 2.13.